The maximum absolute atomic E-state index is 5.27. The van der Waals surface area contributed by atoms with Gasteiger partial charge in [0.25, 0.3) is 0 Å². The molecule has 0 radical (unpaired) electrons. The van der Waals surface area contributed by atoms with Crippen LogP contribution >= 0.6 is 27.3 Å². The zero-order valence-electron chi connectivity index (χ0n) is 13.4. The second-order valence-electron chi connectivity index (χ2n) is 5.77. The smallest absolute Gasteiger partial charge is 0.133 e. The minimum atomic E-state index is 0.854. The van der Waals surface area contributed by atoms with E-state index < -0.39 is 0 Å². The molecule has 4 nitrogen and oxygen atoms in total. The van der Waals surface area contributed by atoms with Crippen LogP contribution in [0.1, 0.15) is 18.4 Å². The minimum absolute atomic E-state index is 0.854. The summed E-state index contributed by atoms with van der Waals surface area (Å²) in [5, 5.41) is 8.53. The Morgan fingerprint density at radius 2 is 2.00 bits per heavy atom. The van der Waals surface area contributed by atoms with E-state index in [1.54, 1.807) is 18.4 Å². The van der Waals surface area contributed by atoms with Crippen LogP contribution in [0.25, 0.3) is 16.3 Å². The molecule has 6 heteroatoms. The Labute approximate surface area is 153 Å². The highest BCUT2D eigenvalue weighted by Gasteiger charge is 2.22. The van der Waals surface area contributed by atoms with Crippen molar-refractivity contribution in [3.63, 3.8) is 0 Å². The van der Waals surface area contributed by atoms with Gasteiger partial charge in [0.2, 0.25) is 0 Å². The molecule has 0 aliphatic carbocycles. The van der Waals surface area contributed by atoms with Gasteiger partial charge in [0, 0.05) is 12.1 Å². The molecule has 0 unspecified atom stereocenters. The highest BCUT2D eigenvalue weighted by atomic mass is 79.9. The number of thiophene rings is 1. The van der Waals surface area contributed by atoms with E-state index in [0.717, 1.165) is 39.7 Å². The molecule has 0 saturated carbocycles. The molecule has 1 aliphatic rings. The normalized spacial score (nSPS) is 13.9. The Bertz CT molecular complexity index is 854. The van der Waals surface area contributed by atoms with Crippen molar-refractivity contribution in [2.24, 2.45) is 0 Å². The summed E-state index contributed by atoms with van der Waals surface area (Å²) in [5.74, 6) is 1.98. The van der Waals surface area contributed by atoms with E-state index in [-0.39, 0.29) is 0 Å². The summed E-state index contributed by atoms with van der Waals surface area (Å²) in [4.78, 5) is 1.20. The van der Waals surface area contributed by atoms with Crippen LogP contribution in [0.4, 0.5) is 5.82 Å². The van der Waals surface area contributed by atoms with Gasteiger partial charge in [0.1, 0.15) is 17.3 Å². The van der Waals surface area contributed by atoms with Crippen LogP contribution in [0.5, 0.6) is 5.75 Å². The number of nitrogens with one attached hydrogen (secondary N) is 1. The molecule has 3 aromatic rings. The van der Waals surface area contributed by atoms with Crippen molar-refractivity contribution < 1.29 is 4.74 Å². The van der Waals surface area contributed by atoms with Gasteiger partial charge < -0.3 is 10.1 Å². The third kappa shape index (κ3) is 2.84. The SMILES string of the molecule is COc1ccc(-n2nc(-c3ccc(Br)s3)c3c2NCCCC3)cc1. The average molecular weight is 404 g/mol. The molecule has 0 bridgehead atoms. The third-order valence-corrected chi connectivity index (χ3v) is 5.88. The molecule has 0 saturated heterocycles. The number of hydrogen-bond acceptors (Lipinski definition) is 4. The molecule has 2 aromatic heterocycles. The lowest BCUT2D eigenvalue weighted by molar-refractivity contribution is 0.414. The van der Waals surface area contributed by atoms with Crippen LogP contribution in [0.15, 0.2) is 40.2 Å². The molecule has 0 fully saturated rings. The lowest BCUT2D eigenvalue weighted by Gasteiger charge is -2.09. The van der Waals surface area contributed by atoms with E-state index in [2.05, 4.69) is 33.4 Å². The summed E-state index contributed by atoms with van der Waals surface area (Å²) in [6.45, 7) is 0.989. The summed E-state index contributed by atoms with van der Waals surface area (Å²) in [6.07, 6.45) is 3.43. The molecule has 1 aliphatic heterocycles. The highest BCUT2D eigenvalue weighted by molar-refractivity contribution is 9.11. The van der Waals surface area contributed by atoms with E-state index in [1.165, 1.54) is 23.3 Å². The van der Waals surface area contributed by atoms with Crippen LogP contribution < -0.4 is 10.1 Å². The van der Waals surface area contributed by atoms with Crippen molar-refractivity contribution in [2.75, 3.05) is 19.0 Å². The van der Waals surface area contributed by atoms with E-state index in [4.69, 9.17) is 9.84 Å². The number of anilines is 1. The highest BCUT2D eigenvalue weighted by Crippen LogP contribution is 2.38. The number of aromatic nitrogens is 2. The van der Waals surface area contributed by atoms with Crippen LogP contribution in [0.3, 0.4) is 0 Å². The summed E-state index contributed by atoms with van der Waals surface area (Å²) >= 11 is 5.29. The predicted octanol–water partition coefficient (Wildman–Crippen LogP) is 5.12. The third-order valence-electron chi connectivity index (χ3n) is 4.25. The zero-order valence-corrected chi connectivity index (χ0v) is 15.8. The van der Waals surface area contributed by atoms with E-state index in [1.807, 2.05) is 28.9 Å². The molecular formula is C18H18BrN3OS. The van der Waals surface area contributed by atoms with Gasteiger partial charge in [-0.3, -0.25) is 0 Å². The first-order valence-corrected chi connectivity index (χ1v) is 9.63. The maximum atomic E-state index is 5.27. The summed E-state index contributed by atoms with van der Waals surface area (Å²) in [6, 6.07) is 12.3. The topological polar surface area (TPSA) is 39.1 Å². The Morgan fingerprint density at radius 1 is 1.17 bits per heavy atom. The average Bonchev–Trinajstić information content (AvgIpc) is 3.10. The fourth-order valence-electron chi connectivity index (χ4n) is 3.05. The summed E-state index contributed by atoms with van der Waals surface area (Å²) in [5.41, 5.74) is 3.45. The van der Waals surface area contributed by atoms with E-state index in [0.29, 0.717) is 0 Å². The van der Waals surface area contributed by atoms with Crippen molar-refractivity contribution in [1.82, 2.24) is 9.78 Å². The minimum Gasteiger partial charge on any atom is -0.497 e. The summed E-state index contributed by atoms with van der Waals surface area (Å²) < 4.78 is 8.43. The van der Waals surface area contributed by atoms with Gasteiger partial charge in [-0.2, -0.15) is 5.10 Å². The van der Waals surface area contributed by atoms with Crippen LogP contribution in [-0.4, -0.2) is 23.4 Å². The lowest BCUT2D eigenvalue weighted by Crippen LogP contribution is -2.07. The van der Waals surface area contributed by atoms with Crippen molar-refractivity contribution in [2.45, 2.75) is 19.3 Å². The second kappa shape index (κ2) is 6.61. The Kier molecular flexibility index (Phi) is 4.33. The molecule has 0 atom stereocenters. The molecule has 0 amide bonds. The van der Waals surface area contributed by atoms with Gasteiger partial charge in [0.15, 0.2) is 0 Å². The first kappa shape index (κ1) is 15.7. The van der Waals surface area contributed by atoms with Crippen molar-refractivity contribution in [3.05, 3.63) is 45.7 Å². The van der Waals surface area contributed by atoms with Gasteiger partial charge in [-0.05, 0) is 71.6 Å². The molecule has 1 N–H and O–H groups in total. The molecule has 4 rings (SSSR count). The summed E-state index contributed by atoms with van der Waals surface area (Å²) in [7, 11) is 1.68. The van der Waals surface area contributed by atoms with Crippen LogP contribution in [-0.2, 0) is 6.42 Å². The Morgan fingerprint density at radius 3 is 2.71 bits per heavy atom. The zero-order chi connectivity index (χ0) is 16.5. The van der Waals surface area contributed by atoms with Gasteiger partial charge >= 0.3 is 0 Å². The number of halogens is 1. The van der Waals surface area contributed by atoms with Gasteiger partial charge in [0.05, 0.1) is 21.5 Å². The molecule has 3 heterocycles. The largest absolute Gasteiger partial charge is 0.497 e. The van der Waals surface area contributed by atoms with Crippen molar-refractivity contribution in [3.8, 4) is 22.0 Å². The van der Waals surface area contributed by atoms with Crippen molar-refractivity contribution >= 4 is 33.1 Å². The molecule has 1 aromatic carbocycles. The van der Waals surface area contributed by atoms with Crippen LogP contribution in [0, 0.1) is 0 Å². The number of hydrogen-bond donors (Lipinski definition) is 1. The van der Waals surface area contributed by atoms with Gasteiger partial charge in [-0.1, -0.05) is 0 Å². The fourth-order valence-corrected chi connectivity index (χ4v) is 4.45. The molecular weight excluding hydrogens is 386 g/mol. The number of ether oxygens (including phenoxy) is 1. The van der Waals surface area contributed by atoms with Gasteiger partial charge in [-0.25, -0.2) is 4.68 Å². The standard InChI is InChI=1S/C18H18BrN3OS/c1-23-13-7-5-12(6-8-13)22-18-14(4-2-3-11-20-18)17(21-22)15-9-10-16(19)24-15/h5-10,20H,2-4,11H2,1H3. The van der Waals surface area contributed by atoms with E-state index in [9.17, 15) is 0 Å². The number of methoxy groups -OCH3 is 1. The molecule has 124 valence electrons. The quantitative estimate of drug-likeness (QED) is 0.659. The maximum Gasteiger partial charge on any atom is 0.133 e. The predicted molar refractivity (Wildman–Crippen MR) is 103 cm³/mol. The Hall–Kier alpha value is -1.79. The second-order valence-corrected chi connectivity index (χ2v) is 8.24. The van der Waals surface area contributed by atoms with Crippen LogP contribution in [0.2, 0.25) is 0 Å². The lowest BCUT2D eigenvalue weighted by atomic mass is 10.1. The number of benzene rings is 1. The van der Waals surface area contributed by atoms with Gasteiger partial charge in [-0.15, -0.1) is 11.3 Å². The first-order valence-electron chi connectivity index (χ1n) is 8.02. The number of fused-ring (bicyclic) bond motifs is 1. The molecule has 24 heavy (non-hydrogen) atoms. The Balaban J connectivity index is 1.85. The number of rotatable bonds is 3. The molecule has 0 spiro atoms. The number of nitrogens with zero attached hydrogens (tertiary/aromatic N) is 2. The first-order chi connectivity index (χ1) is 11.8. The van der Waals surface area contributed by atoms with Crippen molar-refractivity contribution in [1.29, 1.82) is 0 Å². The van der Waals surface area contributed by atoms with E-state index >= 15 is 0 Å². The fraction of sp³-hybridized carbons (Fsp3) is 0.278. The monoisotopic (exact) mass is 403 g/mol.